The lowest BCUT2D eigenvalue weighted by molar-refractivity contribution is 0.0626. The van der Waals surface area contributed by atoms with E-state index in [1.54, 1.807) is 0 Å². The van der Waals surface area contributed by atoms with E-state index >= 15 is 0 Å². The molecule has 0 N–H and O–H groups in total. The van der Waals surface area contributed by atoms with Crippen LogP contribution in [0.3, 0.4) is 0 Å². The summed E-state index contributed by atoms with van der Waals surface area (Å²) in [6, 6.07) is 1.29. The van der Waals surface area contributed by atoms with E-state index in [4.69, 9.17) is 4.43 Å². The largest absolute Gasteiger partial charge is 0.422 e. The molecule has 0 rings (SSSR count). The monoisotopic (exact) mass is 457 g/mol. The van der Waals surface area contributed by atoms with E-state index in [0.717, 1.165) is 0 Å². The SMILES string of the molecule is CCCN(CCC)CC(C[SiH2]OC(C)C)(CN(CCC)CCC)CN(CCC)CCC. The summed E-state index contributed by atoms with van der Waals surface area (Å²) in [5, 5.41) is 0. The minimum atomic E-state index is -0.533. The van der Waals surface area contributed by atoms with E-state index in [0.29, 0.717) is 11.5 Å². The zero-order valence-corrected chi connectivity index (χ0v) is 24.3. The molecule has 0 aliphatic heterocycles. The fourth-order valence-electron chi connectivity index (χ4n) is 5.03. The first-order valence-electron chi connectivity index (χ1n) is 13.7. The Labute approximate surface area is 199 Å². The first-order chi connectivity index (χ1) is 14.9. The van der Waals surface area contributed by atoms with E-state index in [-0.39, 0.29) is 0 Å². The lowest BCUT2D eigenvalue weighted by Crippen LogP contribution is -2.53. The van der Waals surface area contributed by atoms with Crippen LogP contribution in [0.1, 0.15) is 93.9 Å². The van der Waals surface area contributed by atoms with Crippen molar-refractivity contribution in [3.63, 3.8) is 0 Å². The third-order valence-corrected chi connectivity index (χ3v) is 8.17. The molecule has 0 saturated carbocycles. The second-order valence-electron chi connectivity index (χ2n) is 10.00. The average Bonchev–Trinajstić information content (AvgIpc) is 2.69. The predicted molar refractivity (Wildman–Crippen MR) is 143 cm³/mol. The second-order valence-corrected chi connectivity index (χ2v) is 11.2. The summed E-state index contributed by atoms with van der Waals surface area (Å²) in [7, 11) is -0.533. The van der Waals surface area contributed by atoms with Crippen LogP contribution in [0, 0.1) is 5.41 Å². The van der Waals surface area contributed by atoms with Crippen molar-refractivity contribution in [1.82, 2.24) is 14.7 Å². The zero-order chi connectivity index (χ0) is 23.5. The molecule has 0 aromatic rings. The predicted octanol–water partition coefficient (Wildman–Crippen LogP) is 5.27. The van der Waals surface area contributed by atoms with Crippen molar-refractivity contribution < 1.29 is 4.43 Å². The first-order valence-corrected chi connectivity index (χ1v) is 15.3. The van der Waals surface area contributed by atoms with Crippen LogP contribution in [-0.4, -0.2) is 89.5 Å². The van der Waals surface area contributed by atoms with Gasteiger partial charge in [-0.3, -0.25) is 0 Å². The second kappa shape index (κ2) is 19.5. The zero-order valence-electron chi connectivity index (χ0n) is 22.8. The van der Waals surface area contributed by atoms with Crippen LogP contribution in [0.2, 0.25) is 6.04 Å². The van der Waals surface area contributed by atoms with Gasteiger partial charge in [0.25, 0.3) is 0 Å². The van der Waals surface area contributed by atoms with Crippen LogP contribution >= 0.6 is 0 Å². The summed E-state index contributed by atoms with van der Waals surface area (Å²) >= 11 is 0. The third-order valence-electron chi connectivity index (χ3n) is 6.00. The van der Waals surface area contributed by atoms with Crippen LogP contribution in [0.25, 0.3) is 0 Å². The highest BCUT2D eigenvalue weighted by atomic mass is 28.2. The van der Waals surface area contributed by atoms with Gasteiger partial charge in [-0.05, 0) is 97.7 Å². The molecule has 0 spiro atoms. The molecule has 0 fully saturated rings. The maximum atomic E-state index is 6.29. The molecule has 0 aliphatic rings. The molecule has 0 aromatic carbocycles. The highest BCUT2D eigenvalue weighted by Gasteiger charge is 2.35. The van der Waals surface area contributed by atoms with Gasteiger partial charge in [-0.15, -0.1) is 0 Å². The first kappa shape index (κ1) is 31.1. The molecule has 0 bridgehead atoms. The van der Waals surface area contributed by atoms with Crippen LogP contribution in [0.15, 0.2) is 0 Å². The molecule has 5 heteroatoms. The fraction of sp³-hybridized carbons (Fsp3) is 1.00. The number of hydrogen-bond acceptors (Lipinski definition) is 4. The lowest BCUT2D eigenvalue weighted by Gasteiger charge is -2.45. The number of nitrogens with zero attached hydrogens (tertiary/aromatic N) is 3. The highest BCUT2D eigenvalue weighted by molar-refractivity contribution is 6.27. The van der Waals surface area contributed by atoms with Crippen LogP contribution in [-0.2, 0) is 4.43 Å². The minimum Gasteiger partial charge on any atom is -0.422 e. The molecule has 0 aliphatic carbocycles. The topological polar surface area (TPSA) is 19.0 Å². The minimum absolute atomic E-state index is 0.320. The molecular formula is C26H59N3OSi. The molecule has 31 heavy (non-hydrogen) atoms. The third kappa shape index (κ3) is 14.7. The average molecular weight is 458 g/mol. The molecule has 188 valence electrons. The van der Waals surface area contributed by atoms with Crippen molar-refractivity contribution in [2.24, 2.45) is 5.41 Å². The Morgan fingerprint density at radius 3 is 1.10 bits per heavy atom. The van der Waals surface area contributed by atoms with E-state index < -0.39 is 9.76 Å². The summed E-state index contributed by atoms with van der Waals surface area (Å²) in [6.07, 6.45) is 7.86. The molecule has 0 radical (unpaired) electrons. The van der Waals surface area contributed by atoms with Gasteiger partial charge in [0.15, 0.2) is 9.76 Å². The Hall–Kier alpha value is 0.0569. The summed E-state index contributed by atoms with van der Waals surface area (Å²) in [5.41, 5.74) is 0.320. The van der Waals surface area contributed by atoms with Gasteiger partial charge in [-0.1, -0.05) is 41.5 Å². The van der Waals surface area contributed by atoms with Crippen LogP contribution < -0.4 is 0 Å². The van der Waals surface area contributed by atoms with E-state index in [2.05, 4.69) is 70.1 Å². The Morgan fingerprint density at radius 1 is 0.581 bits per heavy atom. The Balaban J connectivity index is 5.92. The molecule has 0 aromatic heterocycles. The molecule has 0 amide bonds. The Morgan fingerprint density at radius 2 is 0.871 bits per heavy atom. The van der Waals surface area contributed by atoms with Gasteiger partial charge >= 0.3 is 0 Å². The molecule has 0 unspecified atom stereocenters. The van der Waals surface area contributed by atoms with Gasteiger partial charge in [0, 0.05) is 31.2 Å². The lowest BCUT2D eigenvalue weighted by atomic mass is 9.87. The molecule has 4 nitrogen and oxygen atoms in total. The van der Waals surface area contributed by atoms with Crippen LogP contribution in [0.4, 0.5) is 0 Å². The van der Waals surface area contributed by atoms with Gasteiger partial charge in [0.2, 0.25) is 0 Å². The van der Waals surface area contributed by atoms with Gasteiger partial charge < -0.3 is 19.1 Å². The maximum Gasteiger partial charge on any atom is 0.162 e. The summed E-state index contributed by atoms with van der Waals surface area (Å²) in [6.45, 7) is 29.5. The van der Waals surface area contributed by atoms with Gasteiger partial charge in [-0.25, -0.2) is 0 Å². The van der Waals surface area contributed by atoms with Gasteiger partial charge in [0.05, 0.1) is 0 Å². The van der Waals surface area contributed by atoms with Crippen molar-refractivity contribution in [2.45, 2.75) is 106 Å². The van der Waals surface area contributed by atoms with Crippen molar-refractivity contribution in [2.75, 3.05) is 58.9 Å². The van der Waals surface area contributed by atoms with Crippen molar-refractivity contribution in [3.8, 4) is 0 Å². The quantitative estimate of drug-likeness (QED) is 0.206. The number of rotatable bonds is 22. The molecule has 0 saturated heterocycles. The maximum absolute atomic E-state index is 6.29. The van der Waals surface area contributed by atoms with Crippen molar-refractivity contribution in [3.05, 3.63) is 0 Å². The highest BCUT2D eigenvalue weighted by Crippen LogP contribution is 2.29. The molecule has 0 heterocycles. The smallest absolute Gasteiger partial charge is 0.162 e. The van der Waals surface area contributed by atoms with Gasteiger partial charge in [0.1, 0.15) is 0 Å². The van der Waals surface area contributed by atoms with Crippen molar-refractivity contribution in [1.29, 1.82) is 0 Å². The summed E-state index contributed by atoms with van der Waals surface area (Å²) in [4.78, 5) is 8.32. The Kier molecular flexibility index (Phi) is 19.6. The molecule has 0 atom stereocenters. The van der Waals surface area contributed by atoms with Crippen LogP contribution in [0.5, 0.6) is 0 Å². The van der Waals surface area contributed by atoms with Gasteiger partial charge in [-0.2, -0.15) is 0 Å². The Bertz CT molecular complexity index is 331. The van der Waals surface area contributed by atoms with Crippen molar-refractivity contribution >= 4 is 9.76 Å². The summed E-state index contributed by atoms with van der Waals surface area (Å²) < 4.78 is 6.29. The normalized spacial score (nSPS) is 13.2. The van der Waals surface area contributed by atoms with E-state index in [1.807, 2.05) is 0 Å². The number of hydrogen-bond donors (Lipinski definition) is 0. The standard InChI is InChI=1S/C26H59N3OSi/c1-9-15-27(16-10-2)21-26(24-31-30-25(7)8,22-28(17-11-3)18-12-4)23-29(19-13-5)20-14-6/h25H,9-24,31H2,1-8H3. The van der Waals surface area contributed by atoms with E-state index in [1.165, 1.54) is 103 Å². The summed E-state index contributed by atoms with van der Waals surface area (Å²) in [5.74, 6) is 0. The van der Waals surface area contributed by atoms with E-state index in [9.17, 15) is 0 Å². The fourth-order valence-corrected chi connectivity index (χ4v) is 6.53. The molecular weight excluding hydrogens is 398 g/mol.